The summed E-state index contributed by atoms with van der Waals surface area (Å²) in [4.78, 5) is 25.7. The molecule has 0 saturated heterocycles. The molecule has 1 aliphatic heterocycles. The maximum absolute atomic E-state index is 13.1. The zero-order valence-electron chi connectivity index (χ0n) is 16.7. The molecule has 1 atom stereocenters. The third-order valence-corrected chi connectivity index (χ3v) is 6.08. The van der Waals surface area contributed by atoms with E-state index in [4.69, 9.17) is 9.15 Å². The van der Waals surface area contributed by atoms with Crippen LogP contribution in [0.1, 0.15) is 42.9 Å². The minimum atomic E-state index is -0.0831. The number of aryl methyl sites for hydroxylation is 1. The zero-order chi connectivity index (χ0) is 20.8. The lowest BCUT2D eigenvalue weighted by molar-refractivity contribution is 0.0623. The van der Waals surface area contributed by atoms with Crippen molar-refractivity contribution in [2.75, 3.05) is 0 Å². The first-order chi connectivity index (χ1) is 15.3. The van der Waals surface area contributed by atoms with Gasteiger partial charge in [-0.2, -0.15) is 5.10 Å². The van der Waals surface area contributed by atoms with Crippen molar-refractivity contribution in [3.63, 3.8) is 0 Å². The lowest BCUT2D eigenvalue weighted by atomic mass is 9.89. The van der Waals surface area contributed by atoms with Gasteiger partial charge in [-0.05, 0) is 30.7 Å². The van der Waals surface area contributed by atoms with Crippen LogP contribution in [0.2, 0.25) is 0 Å². The van der Waals surface area contributed by atoms with Crippen LogP contribution in [0.25, 0.3) is 11.3 Å². The summed E-state index contributed by atoms with van der Waals surface area (Å²) < 4.78 is 14.5. The molecule has 3 aromatic heterocycles. The normalized spacial score (nSPS) is 22.1. The molecule has 0 N–H and O–H groups in total. The van der Waals surface area contributed by atoms with Crippen molar-refractivity contribution in [1.29, 1.82) is 0 Å². The van der Waals surface area contributed by atoms with E-state index in [0.29, 0.717) is 0 Å². The largest absolute Gasteiger partial charge is 0.490 e. The van der Waals surface area contributed by atoms with Crippen LogP contribution < -0.4 is 10.4 Å². The monoisotopic (exact) mass is 416 g/mol. The lowest BCUT2D eigenvalue weighted by Gasteiger charge is -2.34. The predicted molar refractivity (Wildman–Crippen MR) is 110 cm³/mol. The molecule has 1 aliphatic carbocycles. The van der Waals surface area contributed by atoms with Gasteiger partial charge in [-0.15, -0.1) is 0 Å². The second-order valence-electron chi connectivity index (χ2n) is 7.96. The van der Waals surface area contributed by atoms with Gasteiger partial charge in [-0.25, -0.2) is 14.5 Å². The molecule has 0 unspecified atom stereocenters. The van der Waals surface area contributed by atoms with Crippen LogP contribution in [0.5, 0.6) is 5.75 Å². The van der Waals surface area contributed by atoms with Crippen LogP contribution in [-0.2, 0) is 6.42 Å². The van der Waals surface area contributed by atoms with Gasteiger partial charge >= 0.3 is 5.69 Å². The quantitative estimate of drug-likeness (QED) is 0.493. The number of hydrogen-bond donors (Lipinski definition) is 0. The van der Waals surface area contributed by atoms with Gasteiger partial charge in [0.05, 0.1) is 24.0 Å². The van der Waals surface area contributed by atoms with Gasteiger partial charge in [0.2, 0.25) is 0 Å². The van der Waals surface area contributed by atoms with E-state index in [1.54, 1.807) is 34.1 Å². The molecule has 0 bridgehead atoms. The third kappa shape index (κ3) is 3.13. The van der Waals surface area contributed by atoms with Crippen LogP contribution in [0.4, 0.5) is 0 Å². The molecule has 1 fully saturated rings. The van der Waals surface area contributed by atoms with E-state index in [9.17, 15) is 4.79 Å². The predicted octanol–water partition coefficient (Wildman–Crippen LogP) is 2.81. The second-order valence-corrected chi connectivity index (χ2v) is 7.96. The van der Waals surface area contributed by atoms with Gasteiger partial charge in [0.1, 0.15) is 29.6 Å². The Labute approximate surface area is 177 Å². The molecule has 6 rings (SSSR count). The highest BCUT2D eigenvalue weighted by molar-refractivity contribution is 5.58. The molecule has 1 aromatic carbocycles. The van der Waals surface area contributed by atoms with E-state index < -0.39 is 0 Å². The van der Waals surface area contributed by atoms with Crippen molar-refractivity contribution in [1.82, 2.24) is 29.3 Å². The molecule has 1 saturated carbocycles. The molecule has 9 heteroatoms. The molecule has 4 aromatic rings. The number of aromatic nitrogens is 6. The summed E-state index contributed by atoms with van der Waals surface area (Å²) >= 11 is 0. The Morgan fingerprint density at radius 3 is 2.71 bits per heavy atom. The van der Waals surface area contributed by atoms with Crippen LogP contribution >= 0.6 is 0 Å². The van der Waals surface area contributed by atoms with E-state index in [1.165, 1.54) is 6.39 Å². The van der Waals surface area contributed by atoms with E-state index >= 15 is 0 Å². The smallest absolute Gasteiger partial charge is 0.346 e. The maximum Gasteiger partial charge on any atom is 0.346 e. The summed E-state index contributed by atoms with van der Waals surface area (Å²) in [5.41, 5.74) is 2.52. The maximum atomic E-state index is 13.1. The number of nitrogens with zero attached hydrogens (tertiary/aromatic N) is 6. The van der Waals surface area contributed by atoms with Crippen LogP contribution in [-0.4, -0.2) is 35.4 Å². The van der Waals surface area contributed by atoms with E-state index in [-0.39, 0.29) is 23.9 Å². The lowest BCUT2D eigenvalue weighted by Crippen LogP contribution is -2.41. The first kappa shape index (κ1) is 18.1. The molecule has 4 heterocycles. The van der Waals surface area contributed by atoms with Gasteiger partial charge < -0.3 is 9.15 Å². The van der Waals surface area contributed by atoms with Crippen LogP contribution in [0.3, 0.4) is 0 Å². The number of benzene rings is 1. The van der Waals surface area contributed by atoms with Gasteiger partial charge in [-0.3, -0.25) is 14.5 Å². The summed E-state index contributed by atoms with van der Waals surface area (Å²) in [6.45, 7) is 0. The summed E-state index contributed by atoms with van der Waals surface area (Å²) in [6, 6.07) is 7.76. The topological polar surface area (TPSA) is 101 Å². The summed E-state index contributed by atoms with van der Waals surface area (Å²) in [5.74, 6) is 1.63. The molecular weight excluding hydrogens is 396 g/mol. The molecule has 0 amide bonds. The zero-order valence-corrected chi connectivity index (χ0v) is 16.7. The Morgan fingerprint density at radius 2 is 1.97 bits per heavy atom. The Kier molecular flexibility index (Phi) is 4.19. The van der Waals surface area contributed by atoms with Crippen molar-refractivity contribution in [3.05, 3.63) is 77.5 Å². The SMILES string of the molecule is O=c1n(C2CC(Oc3ccc(-c4cocn4)cc3)C2)nc2n1[C@H](c1cnccn1)CC2. The highest BCUT2D eigenvalue weighted by Crippen LogP contribution is 2.36. The molecule has 0 radical (unpaired) electrons. The highest BCUT2D eigenvalue weighted by Gasteiger charge is 2.37. The average Bonchev–Trinajstić information content (AvgIpc) is 3.51. The second kappa shape index (κ2) is 7.19. The van der Waals surface area contributed by atoms with Crippen molar-refractivity contribution in [2.45, 2.75) is 43.9 Å². The average molecular weight is 416 g/mol. The van der Waals surface area contributed by atoms with E-state index in [2.05, 4.69) is 20.1 Å². The minimum absolute atomic E-state index is 0.0625. The Bertz CT molecular complexity index is 1240. The fourth-order valence-corrected chi connectivity index (χ4v) is 4.40. The summed E-state index contributed by atoms with van der Waals surface area (Å²) in [6.07, 6.45) is 11.3. The number of fused-ring (bicyclic) bond motifs is 1. The van der Waals surface area contributed by atoms with Crippen molar-refractivity contribution < 1.29 is 9.15 Å². The fraction of sp³-hybridized carbons (Fsp3) is 0.318. The first-order valence-electron chi connectivity index (χ1n) is 10.4. The highest BCUT2D eigenvalue weighted by atomic mass is 16.5. The molecular formula is C22H20N6O3. The minimum Gasteiger partial charge on any atom is -0.490 e. The van der Waals surface area contributed by atoms with Gasteiger partial charge in [0, 0.05) is 37.2 Å². The van der Waals surface area contributed by atoms with Crippen molar-refractivity contribution in [2.24, 2.45) is 0 Å². The van der Waals surface area contributed by atoms with Crippen molar-refractivity contribution >= 4 is 0 Å². The number of ether oxygens (including phenoxy) is 1. The molecule has 2 aliphatic rings. The van der Waals surface area contributed by atoms with Gasteiger partial charge in [-0.1, -0.05) is 0 Å². The fourth-order valence-electron chi connectivity index (χ4n) is 4.40. The van der Waals surface area contributed by atoms with Crippen LogP contribution in [0, 0.1) is 0 Å². The Hall–Kier alpha value is -3.75. The third-order valence-electron chi connectivity index (χ3n) is 6.08. The molecule has 31 heavy (non-hydrogen) atoms. The molecule has 0 spiro atoms. The standard InChI is InChI=1S/C22H20N6O3/c29-22-27-20(18-11-23-7-8-24-18)5-6-21(27)26-28(22)15-9-17(10-15)31-16-3-1-14(2-4-16)19-12-30-13-25-19/h1-4,7-8,11-13,15,17,20H,5-6,9-10H2/t15?,17?,20-/m0/s1. The van der Waals surface area contributed by atoms with Gasteiger partial charge in [0.15, 0.2) is 6.39 Å². The summed E-state index contributed by atoms with van der Waals surface area (Å²) in [7, 11) is 0. The van der Waals surface area contributed by atoms with Gasteiger partial charge in [0.25, 0.3) is 0 Å². The number of oxazole rings is 1. The summed E-state index contributed by atoms with van der Waals surface area (Å²) in [5, 5.41) is 4.62. The number of rotatable bonds is 5. The number of hydrogen-bond acceptors (Lipinski definition) is 7. The van der Waals surface area contributed by atoms with Crippen molar-refractivity contribution in [3.8, 4) is 17.0 Å². The molecule has 9 nitrogen and oxygen atoms in total. The van der Waals surface area contributed by atoms with Crippen LogP contribution in [0.15, 0.2) is 64.7 Å². The first-order valence-corrected chi connectivity index (χ1v) is 10.4. The van der Waals surface area contributed by atoms with E-state index in [0.717, 1.165) is 54.2 Å². The Balaban J connectivity index is 1.13. The molecule has 156 valence electrons. The Morgan fingerprint density at radius 1 is 1.10 bits per heavy atom. The van der Waals surface area contributed by atoms with E-state index in [1.807, 2.05) is 24.3 Å².